The average molecular weight is 177 g/mol. The van der Waals surface area contributed by atoms with Gasteiger partial charge in [-0.25, -0.2) is 0 Å². The molecule has 0 aliphatic carbocycles. The largest absolute Gasteiger partial charge is 0.550 e. The number of hydrogen-bond acceptors (Lipinski definition) is 3. The summed E-state index contributed by atoms with van der Waals surface area (Å²) in [5, 5.41) is 9.75. The second-order valence-electron chi connectivity index (χ2n) is 1.84. The molecule has 0 unspecified atom stereocenters. The first-order chi connectivity index (χ1) is 4.16. The van der Waals surface area contributed by atoms with Gasteiger partial charge in [-0.15, -0.1) is 0 Å². The van der Waals surface area contributed by atoms with Crippen LogP contribution in [0.25, 0.3) is 0 Å². The van der Waals surface area contributed by atoms with E-state index in [4.69, 9.17) is 0 Å². The molecule has 0 saturated heterocycles. The van der Waals surface area contributed by atoms with Gasteiger partial charge in [0.1, 0.15) is 5.78 Å². The minimum atomic E-state index is -1.28. The Kier molecular flexibility index (Phi) is 8.73. The maximum Gasteiger partial charge on any atom is 0.138 e. The van der Waals surface area contributed by atoms with Crippen molar-refractivity contribution in [1.82, 2.24) is 0 Å². The van der Waals surface area contributed by atoms with Crippen LogP contribution in [-0.2, 0) is 31.3 Å². The van der Waals surface area contributed by atoms with E-state index in [1.54, 1.807) is 0 Å². The summed E-state index contributed by atoms with van der Waals surface area (Å²) in [6, 6.07) is 0. The Balaban J connectivity index is 0. The summed E-state index contributed by atoms with van der Waals surface area (Å²) in [7, 11) is 0. The molecule has 0 N–H and O–H groups in total. The molecule has 3 nitrogen and oxygen atoms in total. The third kappa shape index (κ3) is 7.85. The van der Waals surface area contributed by atoms with Gasteiger partial charge in [-0.1, -0.05) is 6.92 Å². The van der Waals surface area contributed by atoms with Crippen LogP contribution in [0.1, 0.15) is 26.2 Å². The van der Waals surface area contributed by atoms with Gasteiger partial charge in [0, 0.05) is 40.5 Å². The number of carbonyl (C=O) groups is 2. The molecule has 0 radical (unpaired) electrons. The van der Waals surface area contributed by atoms with Gasteiger partial charge >= 0.3 is 0 Å². The van der Waals surface area contributed by atoms with Crippen molar-refractivity contribution in [1.29, 1.82) is 0 Å². The van der Waals surface area contributed by atoms with Crippen LogP contribution in [0.2, 0.25) is 0 Å². The van der Waals surface area contributed by atoms with Gasteiger partial charge < -0.3 is 9.90 Å². The van der Waals surface area contributed by atoms with E-state index in [2.05, 4.69) is 0 Å². The maximum atomic E-state index is 10.4. The van der Waals surface area contributed by atoms with E-state index in [1.807, 2.05) is 6.92 Å². The van der Waals surface area contributed by atoms with Crippen molar-refractivity contribution in [2.75, 3.05) is 0 Å². The van der Waals surface area contributed by atoms with E-state index in [0.717, 1.165) is 0 Å². The van der Waals surface area contributed by atoms with Gasteiger partial charge in [-0.3, -0.25) is 4.79 Å². The first-order valence-electron chi connectivity index (χ1n) is 2.88. The topological polar surface area (TPSA) is 57.2 Å². The Morgan fingerprint density at radius 3 is 2.20 bits per heavy atom. The zero-order valence-corrected chi connectivity index (χ0v) is 7.41. The minimum absolute atomic E-state index is 0. The summed E-state index contributed by atoms with van der Waals surface area (Å²) >= 11 is 0. The predicted molar refractivity (Wildman–Crippen MR) is 29.5 cm³/mol. The number of carbonyl (C=O) groups excluding carboxylic acids is 2. The molecule has 0 bridgehead atoms. The van der Waals surface area contributed by atoms with Crippen molar-refractivity contribution in [3.8, 4) is 0 Å². The second kappa shape index (κ2) is 6.97. The van der Waals surface area contributed by atoms with Crippen LogP contribution in [0.15, 0.2) is 0 Å². The number of carboxylic acid groups (broad SMARTS) is 1. The molecule has 0 aliphatic rings. The van der Waals surface area contributed by atoms with Gasteiger partial charge in [-0.05, 0) is 6.42 Å². The van der Waals surface area contributed by atoms with E-state index in [1.165, 1.54) is 0 Å². The van der Waals surface area contributed by atoms with E-state index < -0.39 is 12.4 Å². The van der Waals surface area contributed by atoms with E-state index in [0.29, 0.717) is 12.8 Å². The Hall–Kier alpha value is -0.146. The summed E-state index contributed by atoms with van der Waals surface area (Å²) in [5.41, 5.74) is 0. The van der Waals surface area contributed by atoms with Crippen LogP contribution in [0.4, 0.5) is 0 Å². The van der Waals surface area contributed by atoms with Crippen LogP contribution in [0.5, 0.6) is 0 Å². The Morgan fingerprint density at radius 1 is 1.40 bits per heavy atom. The number of hydrogen-bond donors (Lipinski definition) is 0. The van der Waals surface area contributed by atoms with Crippen molar-refractivity contribution in [2.45, 2.75) is 26.2 Å². The molecule has 56 valence electrons. The average Bonchev–Trinajstić information content (AvgIpc) is 1.63. The molecule has 10 heavy (non-hydrogen) atoms. The monoisotopic (exact) mass is 177 g/mol. The van der Waals surface area contributed by atoms with Crippen LogP contribution in [-0.4, -0.2) is 11.8 Å². The summed E-state index contributed by atoms with van der Waals surface area (Å²) < 4.78 is 0. The first kappa shape index (κ1) is 12.5. The van der Waals surface area contributed by atoms with Crippen LogP contribution in [0, 0.1) is 0 Å². The number of carboxylic acids is 1. The molecular weight excluding hydrogens is 168 g/mol. The van der Waals surface area contributed by atoms with Gasteiger partial charge in [0.25, 0.3) is 0 Å². The summed E-state index contributed by atoms with van der Waals surface area (Å²) in [4.78, 5) is 20.2. The molecule has 0 amide bonds. The molecule has 0 saturated carbocycles. The standard InChI is InChI=1S/C6H10O3.Ti/c1-2-3-5(7)4-6(8)9;/h2-4H2,1H3,(H,8,9);/p-1. The Bertz CT molecular complexity index is 122. The van der Waals surface area contributed by atoms with E-state index in [-0.39, 0.29) is 27.5 Å². The smallest absolute Gasteiger partial charge is 0.138 e. The summed E-state index contributed by atoms with van der Waals surface area (Å²) in [6.45, 7) is 1.83. The van der Waals surface area contributed by atoms with Gasteiger partial charge in [-0.2, -0.15) is 0 Å². The fourth-order valence-corrected chi connectivity index (χ4v) is 0.528. The molecule has 0 aromatic rings. The number of ketones is 1. The summed E-state index contributed by atoms with van der Waals surface area (Å²) in [6.07, 6.45) is 0.605. The summed E-state index contributed by atoms with van der Waals surface area (Å²) in [5.74, 6) is -1.54. The Morgan fingerprint density at radius 2 is 1.90 bits per heavy atom. The van der Waals surface area contributed by atoms with Crippen LogP contribution >= 0.6 is 0 Å². The molecule has 0 atom stereocenters. The van der Waals surface area contributed by atoms with Crippen molar-refractivity contribution in [3.63, 3.8) is 0 Å². The third-order valence-corrected chi connectivity index (χ3v) is 0.870. The van der Waals surface area contributed by atoms with Gasteiger partial charge in [0.2, 0.25) is 0 Å². The molecular formula is C6H9O3Ti-. The quantitative estimate of drug-likeness (QED) is 0.429. The van der Waals surface area contributed by atoms with Gasteiger partial charge in [0.05, 0.1) is 0 Å². The molecule has 0 heterocycles. The normalized spacial score (nSPS) is 8.10. The van der Waals surface area contributed by atoms with Crippen molar-refractivity contribution >= 4 is 11.8 Å². The van der Waals surface area contributed by atoms with E-state index in [9.17, 15) is 14.7 Å². The molecule has 0 fully saturated rings. The number of rotatable bonds is 4. The molecule has 0 aromatic heterocycles. The molecule has 0 rings (SSSR count). The van der Waals surface area contributed by atoms with Crippen molar-refractivity contribution < 1.29 is 36.4 Å². The van der Waals surface area contributed by atoms with E-state index >= 15 is 0 Å². The van der Waals surface area contributed by atoms with Gasteiger partial charge in [0.15, 0.2) is 0 Å². The Labute approximate surface area is 74.7 Å². The molecule has 0 aliphatic heterocycles. The van der Waals surface area contributed by atoms with Crippen molar-refractivity contribution in [3.05, 3.63) is 0 Å². The zero-order chi connectivity index (χ0) is 7.28. The predicted octanol–water partition coefficient (Wildman–Crippen LogP) is -0.507. The first-order valence-corrected chi connectivity index (χ1v) is 2.88. The SMILES string of the molecule is CCCC(=O)CC(=O)[O-].[Ti]. The molecule has 0 spiro atoms. The maximum absolute atomic E-state index is 10.4. The molecule has 4 heteroatoms. The third-order valence-electron chi connectivity index (χ3n) is 0.870. The second-order valence-corrected chi connectivity index (χ2v) is 1.84. The fourth-order valence-electron chi connectivity index (χ4n) is 0.528. The zero-order valence-electron chi connectivity index (χ0n) is 5.85. The fraction of sp³-hybridized carbons (Fsp3) is 0.667. The molecule has 0 aromatic carbocycles. The van der Waals surface area contributed by atoms with Crippen LogP contribution < -0.4 is 5.11 Å². The number of Topliss-reactive ketones (excluding diaryl/α,β-unsaturated/α-hetero) is 1. The number of aliphatic carboxylic acids is 1. The van der Waals surface area contributed by atoms with Crippen LogP contribution in [0.3, 0.4) is 0 Å². The minimum Gasteiger partial charge on any atom is -0.550 e. The van der Waals surface area contributed by atoms with Crippen molar-refractivity contribution in [2.24, 2.45) is 0 Å².